The molecule has 7 heteroatoms. The average molecular weight is 417 g/mol. The number of nitrogens with one attached hydrogen (secondary N) is 1. The molecule has 0 bridgehead atoms. The van der Waals surface area contributed by atoms with E-state index in [1.54, 1.807) is 23.1 Å². The van der Waals surface area contributed by atoms with Gasteiger partial charge in [0.1, 0.15) is 5.82 Å². The number of rotatable bonds is 4. The van der Waals surface area contributed by atoms with Gasteiger partial charge in [0.05, 0.1) is 6.04 Å². The highest BCUT2D eigenvalue weighted by molar-refractivity contribution is 5.95. The average Bonchev–Trinajstić information content (AvgIpc) is 3.45. The minimum atomic E-state index is -0.255. The number of carbonyl (C=O) groups excluding carboxylic acids is 1. The van der Waals surface area contributed by atoms with E-state index < -0.39 is 0 Å². The van der Waals surface area contributed by atoms with Crippen molar-refractivity contribution >= 4 is 5.91 Å². The Morgan fingerprint density at radius 2 is 1.97 bits per heavy atom. The van der Waals surface area contributed by atoms with Crippen LogP contribution >= 0.6 is 0 Å². The zero-order valence-corrected chi connectivity index (χ0v) is 17.3. The zero-order valence-electron chi connectivity index (χ0n) is 17.3. The Labute approximate surface area is 179 Å². The molecule has 1 N–H and O–H groups in total. The summed E-state index contributed by atoms with van der Waals surface area (Å²) in [7, 11) is 0. The van der Waals surface area contributed by atoms with Crippen LogP contribution in [0, 0.1) is 6.92 Å². The lowest BCUT2D eigenvalue weighted by Crippen LogP contribution is -2.33. The molecule has 1 saturated heterocycles. The Morgan fingerprint density at radius 1 is 1.16 bits per heavy atom. The van der Waals surface area contributed by atoms with Gasteiger partial charge in [0, 0.05) is 29.8 Å². The molecule has 5 rings (SSSR count). The largest absolute Gasteiger partial charge is 0.454 e. The predicted octanol–water partition coefficient (Wildman–Crippen LogP) is 3.38. The van der Waals surface area contributed by atoms with Crippen LogP contribution < -0.4 is 15.0 Å². The molecule has 1 amide bonds. The molecule has 31 heavy (non-hydrogen) atoms. The van der Waals surface area contributed by atoms with E-state index in [9.17, 15) is 9.59 Å². The van der Waals surface area contributed by atoms with Gasteiger partial charge < -0.3 is 19.4 Å². The molecule has 1 atom stereocenters. The summed E-state index contributed by atoms with van der Waals surface area (Å²) in [6.45, 7) is 2.64. The van der Waals surface area contributed by atoms with E-state index in [2.05, 4.69) is 4.98 Å². The number of aromatic nitrogens is 2. The number of H-pyrrole nitrogens is 1. The summed E-state index contributed by atoms with van der Waals surface area (Å²) < 4.78 is 10.7. The van der Waals surface area contributed by atoms with Crippen molar-refractivity contribution < 1.29 is 14.3 Å². The van der Waals surface area contributed by atoms with Gasteiger partial charge in [-0.05, 0) is 43.5 Å². The first-order valence-electron chi connectivity index (χ1n) is 10.4. The normalized spacial score (nSPS) is 17.2. The molecule has 0 spiro atoms. The monoisotopic (exact) mass is 417 g/mol. The van der Waals surface area contributed by atoms with E-state index >= 15 is 0 Å². The Kier molecular flexibility index (Phi) is 4.94. The zero-order chi connectivity index (χ0) is 21.4. The van der Waals surface area contributed by atoms with Gasteiger partial charge in [-0.15, -0.1) is 0 Å². The molecule has 0 unspecified atom stereocenters. The molecular formula is C24H23N3O4. The maximum absolute atomic E-state index is 13.2. The highest BCUT2D eigenvalue weighted by Gasteiger charge is 2.33. The van der Waals surface area contributed by atoms with Gasteiger partial charge in [0.15, 0.2) is 11.5 Å². The molecule has 0 radical (unpaired) electrons. The molecule has 1 fully saturated rings. The number of hydrogen-bond acceptors (Lipinski definition) is 5. The fourth-order valence-electron chi connectivity index (χ4n) is 4.29. The van der Waals surface area contributed by atoms with Crippen molar-refractivity contribution in [3.05, 3.63) is 87.1 Å². The molecule has 158 valence electrons. The third-order valence-electron chi connectivity index (χ3n) is 5.91. The second-order valence-corrected chi connectivity index (χ2v) is 7.90. The fourth-order valence-corrected chi connectivity index (χ4v) is 4.29. The third kappa shape index (κ3) is 3.67. The number of amides is 1. The van der Waals surface area contributed by atoms with Crippen LogP contribution in [0.2, 0.25) is 0 Å². The number of fused-ring (bicyclic) bond motifs is 1. The van der Waals surface area contributed by atoms with Crippen LogP contribution in [0.4, 0.5) is 0 Å². The van der Waals surface area contributed by atoms with Crippen LogP contribution in [0.5, 0.6) is 11.5 Å². The Morgan fingerprint density at radius 3 is 2.77 bits per heavy atom. The Hall–Kier alpha value is -3.61. The maximum Gasteiger partial charge on any atom is 0.254 e. The van der Waals surface area contributed by atoms with E-state index in [-0.39, 0.29) is 24.3 Å². The number of hydrogen-bond donors (Lipinski definition) is 1. The Balaban J connectivity index is 1.41. The van der Waals surface area contributed by atoms with Crippen LogP contribution in [-0.4, -0.2) is 34.1 Å². The van der Waals surface area contributed by atoms with Gasteiger partial charge in [-0.3, -0.25) is 9.59 Å². The molecule has 2 aliphatic heterocycles. The fraction of sp³-hybridized carbons (Fsp3) is 0.292. The molecule has 2 aromatic carbocycles. The summed E-state index contributed by atoms with van der Waals surface area (Å²) in [5.74, 6) is 1.67. The summed E-state index contributed by atoms with van der Waals surface area (Å²) in [6.07, 6.45) is 2.14. The van der Waals surface area contributed by atoms with Crippen molar-refractivity contribution in [1.82, 2.24) is 14.9 Å². The van der Waals surface area contributed by atoms with Crippen molar-refractivity contribution in [3.8, 4) is 11.5 Å². The number of aryl methyl sites for hydroxylation is 1. The van der Waals surface area contributed by atoms with Gasteiger partial charge >= 0.3 is 0 Å². The lowest BCUT2D eigenvalue weighted by Gasteiger charge is -2.24. The molecule has 7 nitrogen and oxygen atoms in total. The molecule has 3 heterocycles. The van der Waals surface area contributed by atoms with Crippen molar-refractivity contribution in [2.45, 2.75) is 32.2 Å². The second kappa shape index (κ2) is 7.91. The number of nitrogens with zero attached hydrogens (tertiary/aromatic N) is 2. The van der Waals surface area contributed by atoms with Gasteiger partial charge in [0.2, 0.25) is 6.79 Å². The lowest BCUT2D eigenvalue weighted by molar-refractivity contribution is 0.0729. The Bertz CT molecular complexity index is 1190. The summed E-state index contributed by atoms with van der Waals surface area (Å²) in [5.41, 5.74) is 2.81. The summed E-state index contributed by atoms with van der Waals surface area (Å²) >= 11 is 0. The SMILES string of the molecule is Cc1nc([C@H]2CCCN2C(=O)c2ccc3c(c2)OCO3)[nH]c(=O)c1Cc1ccccc1. The van der Waals surface area contributed by atoms with Gasteiger partial charge in [0.25, 0.3) is 11.5 Å². The first-order valence-corrected chi connectivity index (χ1v) is 10.4. The quantitative estimate of drug-likeness (QED) is 0.704. The van der Waals surface area contributed by atoms with Crippen molar-refractivity contribution in [2.24, 2.45) is 0 Å². The van der Waals surface area contributed by atoms with E-state index in [1.165, 1.54) is 0 Å². The molecule has 3 aromatic rings. The topological polar surface area (TPSA) is 84.5 Å². The predicted molar refractivity (Wildman–Crippen MR) is 114 cm³/mol. The number of carbonyl (C=O) groups is 1. The van der Waals surface area contributed by atoms with Gasteiger partial charge in [-0.2, -0.15) is 0 Å². The van der Waals surface area contributed by atoms with E-state index in [0.717, 1.165) is 18.4 Å². The minimum absolute atomic E-state index is 0.102. The lowest BCUT2D eigenvalue weighted by atomic mass is 10.0. The smallest absolute Gasteiger partial charge is 0.254 e. The number of ether oxygens (including phenoxy) is 2. The minimum Gasteiger partial charge on any atom is -0.454 e. The number of aromatic amines is 1. The van der Waals surface area contributed by atoms with Crippen molar-refractivity contribution in [3.63, 3.8) is 0 Å². The van der Waals surface area contributed by atoms with E-state index in [0.29, 0.717) is 47.1 Å². The van der Waals surface area contributed by atoms with Crippen LogP contribution in [0.1, 0.15) is 51.9 Å². The van der Waals surface area contributed by atoms with Crippen LogP contribution in [-0.2, 0) is 6.42 Å². The highest BCUT2D eigenvalue weighted by Crippen LogP contribution is 2.35. The van der Waals surface area contributed by atoms with Crippen LogP contribution in [0.25, 0.3) is 0 Å². The standard InChI is InChI=1S/C24H23N3O4/c1-15-18(12-16-6-3-2-4-7-16)23(28)26-22(25-15)19-8-5-11-27(19)24(29)17-9-10-20-21(13-17)31-14-30-20/h2-4,6-7,9-10,13,19H,5,8,11-12,14H2,1H3,(H,25,26,28)/t19-/m1/s1. The molecule has 0 aliphatic carbocycles. The summed E-state index contributed by atoms with van der Waals surface area (Å²) in [4.78, 5) is 35.5. The molecule has 1 aromatic heterocycles. The van der Waals surface area contributed by atoms with Gasteiger partial charge in [-0.25, -0.2) is 4.98 Å². The van der Waals surface area contributed by atoms with Crippen molar-refractivity contribution in [1.29, 1.82) is 0 Å². The molecule has 2 aliphatic rings. The highest BCUT2D eigenvalue weighted by atomic mass is 16.7. The molecule has 0 saturated carbocycles. The first-order chi connectivity index (χ1) is 15.1. The van der Waals surface area contributed by atoms with E-state index in [1.807, 2.05) is 37.3 Å². The maximum atomic E-state index is 13.2. The third-order valence-corrected chi connectivity index (χ3v) is 5.91. The first kappa shape index (κ1) is 19.4. The molecular weight excluding hydrogens is 394 g/mol. The summed E-state index contributed by atoms with van der Waals surface area (Å²) in [5, 5.41) is 0. The number of likely N-dealkylation sites (tertiary alicyclic amines) is 1. The summed E-state index contributed by atoms with van der Waals surface area (Å²) in [6, 6.07) is 14.8. The number of benzene rings is 2. The van der Waals surface area contributed by atoms with E-state index in [4.69, 9.17) is 14.5 Å². The van der Waals surface area contributed by atoms with Crippen molar-refractivity contribution in [2.75, 3.05) is 13.3 Å². The van der Waals surface area contributed by atoms with Gasteiger partial charge in [-0.1, -0.05) is 30.3 Å². The second-order valence-electron chi connectivity index (χ2n) is 7.90. The van der Waals surface area contributed by atoms with Crippen LogP contribution in [0.3, 0.4) is 0 Å². The van der Waals surface area contributed by atoms with Crippen LogP contribution in [0.15, 0.2) is 53.3 Å².